The fourth-order valence-electron chi connectivity index (χ4n) is 6.04. The number of carboxylic acids is 2. The van der Waals surface area contributed by atoms with Crippen molar-refractivity contribution in [2.75, 3.05) is 19.8 Å². The van der Waals surface area contributed by atoms with Gasteiger partial charge in [0.15, 0.2) is 6.10 Å². The molecule has 8 heteroatoms. The van der Waals surface area contributed by atoms with Crippen molar-refractivity contribution >= 4 is 17.9 Å². The summed E-state index contributed by atoms with van der Waals surface area (Å²) < 4.78 is 11.2. The van der Waals surface area contributed by atoms with Gasteiger partial charge in [-0.2, -0.15) is 0 Å². The number of esters is 1. The first-order valence-corrected chi connectivity index (χ1v) is 12.0. The Hall–Kier alpha value is -1.93. The van der Waals surface area contributed by atoms with Crippen LogP contribution in [0.15, 0.2) is 12.2 Å². The van der Waals surface area contributed by atoms with Gasteiger partial charge in [-0.15, -0.1) is 0 Å². The predicted molar refractivity (Wildman–Crippen MR) is 121 cm³/mol. The number of carboxylic acid groups (broad SMARTS) is 2. The summed E-state index contributed by atoms with van der Waals surface area (Å²) in [6, 6.07) is 0. The normalized spacial score (nSPS) is 31.3. The molecule has 2 aliphatic rings. The van der Waals surface area contributed by atoms with Crippen LogP contribution in [0.4, 0.5) is 0 Å². The van der Waals surface area contributed by atoms with E-state index in [4.69, 9.17) is 9.47 Å². The van der Waals surface area contributed by atoms with Gasteiger partial charge in [-0.25, -0.2) is 4.79 Å². The molecule has 2 saturated carbocycles. The van der Waals surface area contributed by atoms with E-state index < -0.39 is 36.4 Å². The van der Waals surface area contributed by atoms with Crippen molar-refractivity contribution in [3.8, 4) is 0 Å². The number of carbonyl (C=O) groups excluding carboxylic acids is 1. The number of aliphatic hydroxyl groups excluding tert-OH is 1. The quantitative estimate of drug-likeness (QED) is 0.225. The summed E-state index contributed by atoms with van der Waals surface area (Å²) in [6.07, 6.45) is 3.66. The number of ether oxygens (including phenoxy) is 2. The Morgan fingerprint density at radius 3 is 2.48 bits per heavy atom. The van der Waals surface area contributed by atoms with Crippen LogP contribution in [0.1, 0.15) is 72.1 Å². The van der Waals surface area contributed by atoms with E-state index in [9.17, 15) is 29.7 Å². The first-order chi connectivity index (χ1) is 15.5. The summed E-state index contributed by atoms with van der Waals surface area (Å²) in [5.41, 5.74) is 0.559. The topological polar surface area (TPSA) is 130 Å². The predicted octanol–water partition coefficient (Wildman–Crippen LogP) is 3.66. The Bertz CT molecular complexity index is 734. The highest BCUT2D eigenvalue weighted by atomic mass is 16.6. The fourth-order valence-corrected chi connectivity index (χ4v) is 6.04. The van der Waals surface area contributed by atoms with Crippen LogP contribution in [0.25, 0.3) is 0 Å². The smallest absolute Gasteiger partial charge is 0.336 e. The van der Waals surface area contributed by atoms with Crippen molar-refractivity contribution < 1.29 is 39.2 Å². The van der Waals surface area contributed by atoms with E-state index in [1.807, 2.05) is 6.92 Å². The van der Waals surface area contributed by atoms with Crippen molar-refractivity contribution in [2.24, 2.45) is 28.6 Å². The lowest BCUT2D eigenvalue weighted by molar-refractivity contribution is -0.175. The van der Waals surface area contributed by atoms with E-state index in [2.05, 4.69) is 20.4 Å². The van der Waals surface area contributed by atoms with Crippen molar-refractivity contribution in [3.05, 3.63) is 12.2 Å². The monoisotopic (exact) mass is 468 g/mol. The van der Waals surface area contributed by atoms with Gasteiger partial charge in [-0.1, -0.05) is 45.8 Å². The maximum Gasteiger partial charge on any atom is 0.336 e. The highest BCUT2D eigenvalue weighted by Crippen LogP contribution is 2.60. The number of hydrogen-bond donors (Lipinski definition) is 3. The number of hydrogen-bond acceptors (Lipinski definition) is 6. The third-order valence-corrected chi connectivity index (χ3v) is 8.00. The second kappa shape index (κ2) is 11.5. The number of unbranched alkanes of at least 4 members (excludes halogenated alkanes) is 1. The van der Waals surface area contributed by atoms with E-state index in [0.717, 1.165) is 44.1 Å². The van der Waals surface area contributed by atoms with Crippen LogP contribution in [0.3, 0.4) is 0 Å². The molecule has 188 valence electrons. The molecule has 0 heterocycles. The second-order valence-corrected chi connectivity index (χ2v) is 10.3. The first-order valence-electron chi connectivity index (χ1n) is 12.0. The van der Waals surface area contributed by atoms with E-state index >= 15 is 0 Å². The molecular weight excluding hydrogens is 428 g/mol. The molecule has 0 bridgehead atoms. The zero-order valence-electron chi connectivity index (χ0n) is 20.2. The van der Waals surface area contributed by atoms with Gasteiger partial charge in [0.1, 0.15) is 5.92 Å². The summed E-state index contributed by atoms with van der Waals surface area (Å²) in [7, 11) is 0. The molecule has 33 heavy (non-hydrogen) atoms. The molecule has 6 atom stereocenters. The molecule has 0 spiro atoms. The summed E-state index contributed by atoms with van der Waals surface area (Å²) >= 11 is 0. The molecule has 2 aliphatic carbocycles. The summed E-state index contributed by atoms with van der Waals surface area (Å²) in [6.45, 7) is 10.7. The molecule has 0 aliphatic heterocycles. The van der Waals surface area contributed by atoms with Crippen LogP contribution in [0.5, 0.6) is 0 Å². The minimum absolute atomic E-state index is 0.0598. The number of aliphatic hydroxyl groups is 1. The highest BCUT2D eigenvalue weighted by Gasteiger charge is 2.54. The average Bonchev–Trinajstić information content (AvgIpc) is 2.74. The molecule has 0 aromatic carbocycles. The van der Waals surface area contributed by atoms with Gasteiger partial charge in [-0.3, -0.25) is 9.59 Å². The van der Waals surface area contributed by atoms with E-state index in [0.29, 0.717) is 6.42 Å². The van der Waals surface area contributed by atoms with E-state index in [1.165, 1.54) is 0 Å². The van der Waals surface area contributed by atoms with Crippen LogP contribution >= 0.6 is 0 Å². The number of fused-ring (bicyclic) bond motifs is 1. The maximum atomic E-state index is 12.8. The summed E-state index contributed by atoms with van der Waals surface area (Å²) in [5.74, 6) is -5.01. The second-order valence-electron chi connectivity index (χ2n) is 10.3. The largest absolute Gasteiger partial charge is 0.481 e. The Labute approximate surface area is 196 Å². The molecule has 3 N–H and O–H groups in total. The van der Waals surface area contributed by atoms with Crippen molar-refractivity contribution in [1.29, 1.82) is 0 Å². The molecule has 0 aromatic heterocycles. The average molecular weight is 469 g/mol. The molecule has 0 unspecified atom stereocenters. The zero-order valence-corrected chi connectivity index (χ0v) is 20.2. The molecule has 0 saturated heterocycles. The lowest BCUT2D eigenvalue weighted by atomic mass is 9.47. The molecule has 2 rings (SSSR count). The third-order valence-electron chi connectivity index (χ3n) is 8.00. The van der Waals surface area contributed by atoms with Crippen molar-refractivity contribution in [2.45, 2.75) is 78.2 Å². The highest BCUT2D eigenvalue weighted by molar-refractivity contribution is 5.86. The van der Waals surface area contributed by atoms with Crippen LogP contribution in [0.2, 0.25) is 0 Å². The Morgan fingerprint density at radius 1 is 1.21 bits per heavy atom. The minimum Gasteiger partial charge on any atom is -0.481 e. The Balaban J connectivity index is 2.27. The molecule has 0 amide bonds. The SMILES string of the molecule is C=C1CC[C@H]2[C@](C)(CO)CCC[C@]2(C)[C@H]1CO[C@@H](C(=O)OCCCC)[C@H](CC(=O)O)C(=O)O. The first kappa shape index (κ1) is 27.3. The summed E-state index contributed by atoms with van der Waals surface area (Å²) in [5, 5.41) is 29.0. The van der Waals surface area contributed by atoms with Crippen LogP contribution in [-0.4, -0.2) is 59.2 Å². The van der Waals surface area contributed by atoms with Gasteiger partial charge in [0.25, 0.3) is 0 Å². The van der Waals surface area contributed by atoms with Crippen molar-refractivity contribution in [3.63, 3.8) is 0 Å². The zero-order chi connectivity index (χ0) is 24.8. The molecule has 2 fully saturated rings. The van der Waals surface area contributed by atoms with Gasteiger partial charge in [0.2, 0.25) is 0 Å². The Morgan fingerprint density at radius 2 is 1.91 bits per heavy atom. The summed E-state index contributed by atoms with van der Waals surface area (Å²) in [4.78, 5) is 35.9. The minimum atomic E-state index is -1.55. The van der Waals surface area contributed by atoms with Crippen LogP contribution in [0, 0.1) is 28.6 Å². The molecule has 0 aromatic rings. The third kappa shape index (κ3) is 6.15. The van der Waals surface area contributed by atoms with E-state index in [1.54, 1.807) is 0 Å². The van der Waals surface area contributed by atoms with Gasteiger partial charge in [0, 0.05) is 12.5 Å². The van der Waals surface area contributed by atoms with Gasteiger partial charge in [0.05, 0.1) is 19.6 Å². The van der Waals surface area contributed by atoms with Gasteiger partial charge in [-0.05, 0) is 48.9 Å². The van der Waals surface area contributed by atoms with Crippen molar-refractivity contribution in [1.82, 2.24) is 0 Å². The molecule has 0 radical (unpaired) electrons. The number of aliphatic carboxylic acids is 2. The standard InChI is InChI=1S/C25H40O8/c1-5-6-12-32-23(31)21(17(22(29)30)13-20(27)28)33-14-18-16(2)8-9-19-24(3,15-26)10-7-11-25(18,19)4/h17-19,21,26H,2,5-15H2,1,3-4H3,(H,27,28)(H,29,30)/t17-,18-,19-,21+,24-,25+/m0/s1. The van der Waals surface area contributed by atoms with Crippen LogP contribution in [-0.2, 0) is 23.9 Å². The number of rotatable bonds is 12. The van der Waals surface area contributed by atoms with Crippen LogP contribution < -0.4 is 0 Å². The van der Waals surface area contributed by atoms with E-state index in [-0.39, 0.29) is 42.5 Å². The molecular formula is C25H40O8. The van der Waals surface area contributed by atoms with Gasteiger partial charge < -0.3 is 24.8 Å². The fraction of sp³-hybridized carbons (Fsp3) is 0.800. The number of carbonyl (C=O) groups is 3. The maximum absolute atomic E-state index is 12.8. The lowest BCUT2D eigenvalue weighted by Gasteiger charge is -2.58. The molecule has 8 nitrogen and oxygen atoms in total. The Kier molecular flexibility index (Phi) is 9.49. The van der Waals surface area contributed by atoms with Gasteiger partial charge >= 0.3 is 17.9 Å². The lowest BCUT2D eigenvalue weighted by Crippen LogP contribution is -2.53.